The largest absolute Gasteiger partial charge is 0.454 e. The van der Waals surface area contributed by atoms with Gasteiger partial charge >= 0.3 is 0 Å². The van der Waals surface area contributed by atoms with Crippen LogP contribution in [0.1, 0.15) is 12.0 Å². The smallest absolute Gasteiger partial charge is 0.269 e. The maximum absolute atomic E-state index is 12.8. The first kappa shape index (κ1) is 18.7. The summed E-state index contributed by atoms with van der Waals surface area (Å²) in [6.45, 7) is 0.917. The highest BCUT2D eigenvalue weighted by Gasteiger charge is 2.15. The van der Waals surface area contributed by atoms with Crippen LogP contribution in [0, 0.1) is 11.3 Å². The Morgan fingerprint density at radius 1 is 1.44 bits per heavy atom. The van der Waals surface area contributed by atoms with Crippen LogP contribution in [0.15, 0.2) is 23.0 Å². The van der Waals surface area contributed by atoms with Crippen molar-refractivity contribution in [2.75, 3.05) is 20.5 Å². The predicted octanol–water partition coefficient (Wildman–Crippen LogP) is -0.337. The standard InChI is InChI=1S/C18H17N3O5S/c1-24-6-2-5-21-17(23)15(27-18(21)12(9-19)16(20)22)8-11-3-4-13-14(7-11)26-10-25-13/h3-4,7-8H,2,5-6,10H2,1H3,(H2,20,22)/b15-8-,18-12+. The van der Waals surface area contributed by atoms with Gasteiger partial charge in [0.2, 0.25) is 6.79 Å². The van der Waals surface area contributed by atoms with Crippen LogP contribution in [-0.4, -0.2) is 31.0 Å². The minimum Gasteiger partial charge on any atom is -0.454 e. The second-order valence-electron chi connectivity index (χ2n) is 5.68. The van der Waals surface area contributed by atoms with Gasteiger partial charge in [0.15, 0.2) is 17.1 Å². The average molecular weight is 387 g/mol. The van der Waals surface area contributed by atoms with E-state index in [2.05, 4.69) is 0 Å². The second-order valence-corrected chi connectivity index (χ2v) is 6.71. The molecule has 140 valence electrons. The van der Waals surface area contributed by atoms with Crippen molar-refractivity contribution >= 4 is 28.9 Å². The minimum atomic E-state index is -0.867. The number of carbonyl (C=O) groups is 1. The molecule has 3 rings (SSSR count). The number of methoxy groups -OCH3 is 1. The topological polar surface area (TPSA) is 117 Å². The number of primary amides is 1. The van der Waals surface area contributed by atoms with E-state index in [4.69, 9.17) is 19.9 Å². The molecule has 0 aliphatic carbocycles. The average Bonchev–Trinajstić information content (AvgIpc) is 3.22. The number of aromatic nitrogens is 1. The summed E-state index contributed by atoms with van der Waals surface area (Å²) in [4.78, 5) is 24.4. The van der Waals surface area contributed by atoms with Crippen molar-refractivity contribution in [3.05, 3.63) is 43.3 Å². The SMILES string of the molecule is COCCCn1c(=O)/c(=C/c2ccc3c(c2)OCO3)s/c1=C(\C#N)C(N)=O. The third-order valence-electron chi connectivity index (χ3n) is 3.90. The zero-order valence-corrected chi connectivity index (χ0v) is 15.4. The Balaban J connectivity index is 2.16. The van der Waals surface area contributed by atoms with Crippen molar-refractivity contribution in [1.82, 2.24) is 4.57 Å². The fourth-order valence-corrected chi connectivity index (χ4v) is 3.77. The number of benzene rings is 1. The molecule has 0 unspecified atom stereocenters. The summed E-state index contributed by atoms with van der Waals surface area (Å²) in [6, 6.07) is 7.12. The molecule has 0 spiro atoms. The molecule has 8 nitrogen and oxygen atoms in total. The van der Waals surface area contributed by atoms with Gasteiger partial charge in [-0.2, -0.15) is 5.26 Å². The van der Waals surface area contributed by atoms with Crippen LogP contribution in [0.25, 0.3) is 11.6 Å². The molecule has 1 amide bonds. The Bertz CT molecular complexity index is 1090. The number of carbonyl (C=O) groups excluding carboxylic acids is 1. The maximum Gasteiger partial charge on any atom is 0.269 e. The summed E-state index contributed by atoms with van der Waals surface area (Å²) in [5.74, 6) is 0.376. The molecule has 0 radical (unpaired) electrons. The highest BCUT2D eigenvalue weighted by molar-refractivity contribution is 7.07. The summed E-state index contributed by atoms with van der Waals surface area (Å²) in [5.41, 5.74) is 5.52. The van der Waals surface area contributed by atoms with Crippen molar-refractivity contribution in [3.8, 4) is 17.6 Å². The molecule has 1 aliphatic rings. The predicted molar refractivity (Wildman–Crippen MR) is 98.7 cm³/mol. The lowest BCUT2D eigenvalue weighted by Crippen LogP contribution is -2.34. The highest BCUT2D eigenvalue weighted by atomic mass is 32.1. The van der Waals surface area contributed by atoms with Crippen molar-refractivity contribution < 1.29 is 19.0 Å². The van der Waals surface area contributed by atoms with E-state index in [0.29, 0.717) is 35.6 Å². The van der Waals surface area contributed by atoms with Crippen molar-refractivity contribution in [1.29, 1.82) is 5.26 Å². The van der Waals surface area contributed by atoms with E-state index < -0.39 is 5.91 Å². The number of rotatable bonds is 6. The van der Waals surface area contributed by atoms with Gasteiger partial charge in [0.05, 0.1) is 4.53 Å². The number of nitrogens with two attached hydrogens (primary N) is 1. The summed E-state index contributed by atoms with van der Waals surface area (Å²) < 4.78 is 17.7. The zero-order valence-electron chi connectivity index (χ0n) is 14.6. The molecule has 0 saturated carbocycles. The molecule has 1 aromatic heterocycles. The Kier molecular flexibility index (Phi) is 5.59. The van der Waals surface area contributed by atoms with Gasteiger partial charge in [0.1, 0.15) is 10.7 Å². The molecule has 2 aromatic rings. The zero-order chi connectivity index (χ0) is 19.4. The highest BCUT2D eigenvalue weighted by Crippen LogP contribution is 2.32. The van der Waals surface area contributed by atoms with E-state index in [1.165, 1.54) is 4.57 Å². The van der Waals surface area contributed by atoms with Gasteiger partial charge < -0.3 is 19.9 Å². The van der Waals surface area contributed by atoms with Gasteiger partial charge in [-0.25, -0.2) is 0 Å². The maximum atomic E-state index is 12.8. The molecular formula is C18H17N3O5S. The number of fused-ring (bicyclic) bond motifs is 1. The Morgan fingerprint density at radius 3 is 2.93 bits per heavy atom. The van der Waals surface area contributed by atoms with E-state index in [1.54, 1.807) is 37.5 Å². The number of nitriles is 1. The van der Waals surface area contributed by atoms with E-state index in [0.717, 1.165) is 16.9 Å². The molecule has 1 aliphatic heterocycles. The van der Waals surface area contributed by atoms with Crippen molar-refractivity contribution in [2.45, 2.75) is 13.0 Å². The molecule has 2 heterocycles. The van der Waals surface area contributed by atoms with Crippen LogP contribution in [0.5, 0.6) is 11.5 Å². The van der Waals surface area contributed by atoms with Crippen molar-refractivity contribution in [2.24, 2.45) is 5.73 Å². The minimum absolute atomic E-state index is 0.160. The molecule has 0 fully saturated rings. The van der Waals surface area contributed by atoms with E-state index in [1.807, 2.05) is 0 Å². The molecule has 0 saturated heterocycles. The monoisotopic (exact) mass is 387 g/mol. The molecule has 0 atom stereocenters. The van der Waals surface area contributed by atoms with Gasteiger partial charge in [-0.05, 0) is 30.2 Å². The summed E-state index contributed by atoms with van der Waals surface area (Å²) in [5, 5.41) is 9.28. The van der Waals surface area contributed by atoms with Crippen LogP contribution in [0.3, 0.4) is 0 Å². The van der Waals surface area contributed by atoms with Gasteiger partial charge in [-0.1, -0.05) is 6.07 Å². The number of ether oxygens (including phenoxy) is 3. The van der Waals surface area contributed by atoms with Crippen LogP contribution in [0.2, 0.25) is 0 Å². The molecule has 27 heavy (non-hydrogen) atoms. The Hall–Kier alpha value is -3.09. The summed E-state index contributed by atoms with van der Waals surface area (Å²) in [7, 11) is 1.56. The van der Waals surface area contributed by atoms with Gasteiger partial charge in [-0.3, -0.25) is 14.2 Å². The quantitative estimate of drug-likeness (QED) is 0.678. The van der Waals surface area contributed by atoms with E-state index in [-0.39, 0.29) is 22.6 Å². The molecule has 9 heteroatoms. The van der Waals surface area contributed by atoms with Crippen molar-refractivity contribution in [3.63, 3.8) is 0 Å². The van der Waals surface area contributed by atoms with E-state index >= 15 is 0 Å². The number of amides is 1. The van der Waals surface area contributed by atoms with Crippen LogP contribution in [0.4, 0.5) is 0 Å². The Morgan fingerprint density at radius 2 is 2.22 bits per heavy atom. The summed E-state index contributed by atoms with van der Waals surface area (Å²) >= 11 is 1.05. The lowest BCUT2D eigenvalue weighted by molar-refractivity contribution is -0.112. The van der Waals surface area contributed by atoms with Gasteiger partial charge in [-0.15, -0.1) is 11.3 Å². The lowest BCUT2D eigenvalue weighted by atomic mass is 10.2. The van der Waals surface area contributed by atoms with Crippen LogP contribution < -0.4 is 30.0 Å². The number of hydrogen-bond acceptors (Lipinski definition) is 7. The number of thiazole rings is 1. The molecular weight excluding hydrogens is 370 g/mol. The number of hydrogen-bond donors (Lipinski definition) is 1. The molecule has 1 aromatic carbocycles. The fourth-order valence-electron chi connectivity index (χ4n) is 2.64. The Labute approximate surface area is 158 Å². The fraction of sp³-hybridized carbons (Fsp3) is 0.278. The first-order valence-electron chi connectivity index (χ1n) is 8.09. The third kappa shape index (κ3) is 3.86. The van der Waals surface area contributed by atoms with Crippen LogP contribution in [-0.2, 0) is 16.1 Å². The number of nitrogens with zero attached hydrogens (tertiary/aromatic N) is 2. The first-order chi connectivity index (χ1) is 13.0. The summed E-state index contributed by atoms with van der Waals surface area (Å²) in [6.07, 6.45) is 2.24. The third-order valence-corrected chi connectivity index (χ3v) is 5.03. The second kappa shape index (κ2) is 8.07. The van der Waals surface area contributed by atoms with Gasteiger partial charge in [0, 0.05) is 20.3 Å². The normalized spacial score (nSPS) is 14.1. The van der Waals surface area contributed by atoms with E-state index in [9.17, 15) is 14.9 Å². The van der Waals surface area contributed by atoms with Gasteiger partial charge in [0.25, 0.3) is 11.5 Å². The lowest BCUT2D eigenvalue weighted by Gasteiger charge is -2.02. The van der Waals surface area contributed by atoms with Crippen LogP contribution >= 0.6 is 11.3 Å². The molecule has 0 bridgehead atoms. The first-order valence-corrected chi connectivity index (χ1v) is 8.91. The molecule has 2 N–H and O–H groups in total.